The number of esters is 1. The van der Waals surface area contributed by atoms with E-state index < -0.39 is 34.7 Å². The number of halogens is 1. The lowest BCUT2D eigenvalue weighted by molar-refractivity contribution is -0.136. The first-order valence-electron chi connectivity index (χ1n) is 12.3. The van der Waals surface area contributed by atoms with Crippen molar-refractivity contribution in [3.63, 3.8) is 0 Å². The van der Waals surface area contributed by atoms with E-state index >= 15 is 0 Å². The van der Waals surface area contributed by atoms with Gasteiger partial charge in [-0.2, -0.15) is 0 Å². The average molecular weight is 506 g/mol. The molecule has 8 heteroatoms. The Morgan fingerprint density at radius 1 is 1.08 bits per heavy atom. The predicted molar refractivity (Wildman–Crippen MR) is 140 cm³/mol. The normalized spacial score (nSPS) is 17.0. The Bertz CT molecular complexity index is 1400. The highest BCUT2D eigenvalue weighted by atomic mass is 19.1. The molecule has 2 heterocycles. The third-order valence-corrected chi connectivity index (χ3v) is 6.62. The molecule has 0 spiro atoms. The van der Waals surface area contributed by atoms with Gasteiger partial charge in [-0.05, 0) is 42.8 Å². The average Bonchev–Trinajstić information content (AvgIpc) is 3.19. The number of carbonyl (C=O) groups excluding carboxylic acids is 3. The van der Waals surface area contributed by atoms with Gasteiger partial charge < -0.3 is 15.0 Å². The van der Waals surface area contributed by atoms with Crippen molar-refractivity contribution < 1.29 is 23.5 Å². The fourth-order valence-electron chi connectivity index (χ4n) is 4.65. The Balaban J connectivity index is 2.01. The number of H-pyrrole nitrogens is 1. The van der Waals surface area contributed by atoms with Gasteiger partial charge in [0, 0.05) is 33.5 Å². The molecule has 2 aromatic carbocycles. The van der Waals surface area contributed by atoms with Gasteiger partial charge in [0.05, 0.1) is 17.9 Å². The van der Waals surface area contributed by atoms with E-state index in [1.807, 2.05) is 38.1 Å². The molecule has 7 nitrogen and oxygen atoms in total. The summed E-state index contributed by atoms with van der Waals surface area (Å²) in [6.07, 6.45) is 0.543. The van der Waals surface area contributed by atoms with Crippen molar-refractivity contribution >= 4 is 34.3 Å². The maximum atomic E-state index is 13.9. The fourth-order valence-corrected chi connectivity index (χ4v) is 4.65. The second-order valence-corrected chi connectivity index (χ2v) is 10.8. The van der Waals surface area contributed by atoms with E-state index in [0.717, 1.165) is 16.5 Å². The summed E-state index contributed by atoms with van der Waals surface area (Å²) in [5.41, 5.74) is 0.853. The number of benzene rings is 2. The number of fused-ring (bicyclic) bond motifs is 3. The van der Waals surface area contributed by atoms with Crippen LogP contribution in [0.2, 0.25) is 0 Å². The second kappa shape index (κ2) is 9.50. The van der Waals surface area contributed by atoms with Gasteiger partial charge in [-0.15, -0.1) is 0 Å². The highest BCUT2D eigenvalue weighted by Gasteiger charge is 2.46. The number of nitrogens with zero attached hydrogens (tertiary/aromatic N) is 1. The van der Waals surface area contributed by atoms with Crippen LogP contribution in [-0.2, 0) is 19.7 Å². The van der Waals surface area contributed by atoms with Crippen molar-refractivity contribution in [2.75, 3.05) is 6.61 Å². The van der Waals surface area contributed by atoms with E-state index in [0.29, 0.717) is 5.69 Å². The molecule has 1 aromatic heterocycles. The lowest BCUT2D eigenvalue weighted by Crippen LogP contribution is -2.59. The zero-order chi connectivity index (χ0) is 27.1. The lowest BCUT2D eigenvalue weighted by Gasteiger charge is -2.41. The molecule has 2 N–H and O–H groups in total. The molecule has 194 valence electrons. The first-order chi connectivity index (χ1) is 17.4. The molecule has 37 heavy (non-hydrogen) atoms. The van der Waals surface area contributed by atoms with Crippen molar-refractivity contribution in [2.45, 2.75) is 53.1 Å². The van der Waals surface area contributed by atoms with Crippen LogP contribution < -0.4 is 5.32 Å². The molecule has 1 aliphatic rings. The molecule has 2 amide bonds. The van der Waals surface area contributed by atoms with Crippen LogP contribution in [0.1, 0.15) is 63.2 Å². The third-order valence-electron chi connectivity index (χ3n) is 6.62. The SMILES string of the molecule is CCOC(=O)C1=CN(C(=O)c2ccc(F)cc2)C(NC(=O)C(C)(C)C)C(C)(C)c2c1[nH]c1ccccc21. The van der Waals surface area contributed by atoms with Crippen LogP contribution in [0.3, 0.4) is 0 Å². The molecule has 1 unspecified atom stereocenters. The van der Waals surface area contributed by atoms with Crippen LogP contribution in [0.15, 0.2) is 54.7 Å². The molecule has 0 radical (unpaired) electrons. The number of amides is 2. The van der Waals surface area contributed by atoms with Gasteiger partial charge in [-0.3, -0.25) is 14.5 Å². The number of nitrogens with one attached hydrogen (secondary N) is 2. The monoisotopic (exact) mass is 505 g/mol. The van der Waals surface area contributed by atoms with Crippen molar-refractivity contribution in [1.29, 1.82) is 0 Å². The van der Waals surface area contributed by atoms with E-state index in [1.165, 1.54) is 35.4 Å². The molecule has 0 aliphatic carbocycles. The summed E-state index contributed by atoms with van der Waals surface area (Å²) >= 11 is 0. The maximum Gasteiger partial charge on any atom is 0.341 e. The summed E-state index contributed by atoms with van der Waals surface area (Å²) in [4.78, 5) is 45.1. The Morgan fingerprint density at radius 3 is 2.35 bits per heavy atom. The number of ether oxygens (including phenoxy) is 1. The second-order valence-electron chi connectivity index (χ2n) is 10.8. The molecule has 1 aliphatic heterocycles. The van der Waals surface area contributed by atoms with Crippen molar-refractivity contribution in [2.24, 2.45) is 5.41 Å². The number of aromatic nitrogens is 1. The van der Waals surface area contributed by atoms with Crippen LogP contribution in [0.5, 0.6) is 0 Å². The van der Waals surface area contributed by atoms with Crippen molar-refractivity contribution in [3.8, 4) is 0 Å². The largest absolute Gasteiger partial charge is 0.462 e. The highest BCUT2D eigenvalue weighted by molar-refractivity contribution is 6.18. The molecule has 1 atom stereocenters. The first kappa shape index (κ1) is 26.1. The van der Waals surface area contributed by atoms with E-state index in [-0.39, 0.29) is 23.7 Å². The highest BCUT2D eigenvalue weighted by Crippen LogP contribution is 2.43. The number of hydrogen-bond acceptors (Lipinski definition) is 4. The van der Waals surface area contributed by atoms with Gasteiger partial charge in [0.2, 0.25) is 5.91 Å². The van der Waals surface area contributed by atoms with Crippen molar-refractivity contribution in [1.82, 2.24) is 15.2 Å². The fraction of sp³-hybridized carbons (Fsp3) is 0.345. The topological polar surface area (TPSA) is 91.5 Å². The summed E-state index contributed by atoms with van der Waals surface area (Å²) in [6.45, 7) is 11.1. The standard InChI is InChI=1S/C29H32FN3O4/c1-7-37-25(35)20-16-33(24(34)17-12-14-18(30)15-13-17)26(32-27(36)28(2,3)4)29(5,6)22-19-10-8-9-11-21(19)31-23(20)22/h8-16,26,31H,7H2,1-6H3,(H,32,36). The summed E-state index contributed by atoms with van der Waals surface area (Å²) in [5.74, 6) is -1.85. The van der Waals surface area contributed by atoms with E-state index in [2.05, 4.69) is 10.3 Å². The Morgan fingerprint density at radius 2 is 1.73 bits per heavy atom. The van der Waals surface area contributed by atoms with Crippen LogP contribution in [0, 0.1) is 11.2 Å². The smallest absolute Gasteiger partial charge is 0.341 e. The van der Waals surface area contributed by atoms with E-state index in [9.17, 15) is 18.8 Å². The summed E-state index contributed by atoms with van der Waals surface area (Å²) in [7, 11) is 0. The summed E-state index contributed by atoms with van der Waals surface area (Å²) < 4.78 is 19.0. The molecule has 0 saturated carbocycles. The summed E-state index contributed by atoms with van der Waals surface area (Å²) in [5, 5.41) is 3.93. The molecule has 0 saturated heterocycles. The van der Waals surface area contributed by atoms with Gasteiger partial charge in [0.15, 0.2) is 0 Å². The lowest BCUT2D eigenvalue weighted by atomic mass is 9.78. The molecule has 0 bridgehead atoms. The zero-order valence-electron chi connectivity index (χ0n) is 21.9. The number of hydrogen-bond donors (Lipinski definition) is 2. The number of para-hydroxylation sites is 1. The predicted octanol–water partition coefficient (Wildman–Crippen LogP) is 5.13. The molecular formula is C29H32FN3O4. The van der Waals surface area contributed by atoms with Gasteiger partial charge in [-0.1, -0.05) is 52.8 Å². The molecule has 3 aromatic rings. The van der Waals surface area contributed by atoms with Crippen LogP contribution >= 0.6 is 0 Å². The summed E-state index contributed by atoms with van der Waals surface area (Å²) in [6, 6.07) is 12.8. The first-order valence-corrected chi connectivity index (χ1v) is 12.3. The maximum absolute atomic E-state index is 13.9. The minimum absolute atomic E-state index is 0.144. The van der Waals surface area contributed by atoms with Gasteiger partial charge in [0.1, 0.15) is 12.0 Å². The number of rotatable bonds is 4. The third kappa shape index (κ3) is 4.75. The minimum Gasteiger partial charge on any atom is -0.462 e. The molecular weight excluding hydrogens is 473 g/mol. The number of carbonyl (C=O) groups is 3. The zero-order valence-corrected chi connectivity index (χ0v) is 21.9. The van der Waals surface area contributed by atoms with Gasteiger partial charge in [-0.25, -0.2) is 9.18 Å². The minimum atomic E-state index is -0.887. The number of aromatic amines is 1. The van der Waals surface area contributed by atoms with Crippen LogP contribution in [-0.4, -0.2) is 40.4 Å². The Hall–Kier alpha value is -3.94. The van der Waals surface area contributed by atoms with E-state index in [1.54, 1.807) is 27.7 Å². The van der Waals surface area contributed by atoms with Crippen molar-refractivity contribution in [3.05, 3.63) is 77.4 Å². The molecule has 4 rings (SSSR count). The van der Waals surface area contributed by atoms with E-state index in [4.69, 9.17) is 4.74 Å². The quantitative estimate of drug-likeness (QED) is 0.481. The van der Waals surface area contributed by atoms with Gasteiger partial charge in [0.25, 0.3) is 5.91 Å². The van der Waals surface area contributed by atoms with Crippen LogP contribution in [0.25, 0.3) is 16.5 Å². The van der Waals surface area contributed by atoms with Gasteiger partial charge >= 0.3 is 5.97 Å². The Labute approximate surface area is 215 Å². The van der Waals surface area contributed by atoms with Crippen LogP contribution in [0.4, 0.5) is 4.39 Å². The Kier molecular flexibility index (Phi) is 6.71. The molecule has 0 fully saturated rings.